The molecule has 0 N–H and O–H groups in total. The van der Waals surface area contributed by atoms with Crippen molar-refractivity contribution < 1.29 is 0 Å². The van der Waals surface area contributed by atoms with E-state index in [1.54, 1.807) is 0 Å². The first-order chi connectivity index (χ1) is 7.61. The molecule has 0 fully saturated rings. The molecule has 0 saturated carbocycles. The normalized spacial score (nSPS) is 10.5. The van der Waals surface area contributed by atoms with Gasteiger partial charge >= 0.3 is 0 Å². The van der Waals surface area contributed by atoms with Gasteiger partial charge in [-0.05, 0) is 61.1 Å². The summed E-state index contributed by atoms with van der Waals surface area (Å²) in [4.78, 5) is 8.43. The monoisotopic (exact) mass is 212 g/mol. The molecule has 0 amide bonds. The second kappa shape index (κ2) is 4.05. The van der Waals surface area contributed by atoms with E-state index in [1.807, 2.05) is 24.8 Å². The molecular weight excluding hydrogens is 196 g/mol. The molecule has 2 heteroatoms. The average molecular weight is 212 g/mol. The van der Waals surface area contributed by atoms with Crippen LogP contribution in [0.3, 0.4) is 0 Å². The number of rotatable bonds is 1. The minimum absolute atomic E-state index is 1.22. The molecule has 16 heavy (non-hydrogen) atoms. The van der Waals surface area contributed by atoms with Crippen LogP contribution in [0, 0.1) is 27.7 Å². The summed E-state index contributed by atoms with van der Waals surface area (Å²) in [6, 6.07) is 0. The maximum atomic E-state index is 4.21. The zero-order chi connectivity index (χ0) is 11.7. The van der Waals surface area contributed by atoms with E-state index in [-0.39, 0.29) is 0 Å². The third kappa shape index (κ3) is 1.71. The SMILES string of the molecule is Cc1cncc(C)c1-c1c(C)cncc1C. The Morgan fingerprint density at radius 2 is 0.812 bits per heavy atom. The Labute approximate surface area is 96.4 Å². The zero-order valence-electron chi connectivity index (χ0n) is 10.2. The molecule has 2 rings (SSSR count). The van der Waals surface area contributed by atoms with Gasteiger partial charge in [-0.2, -0.15) is 0 Å². The molecule has 0 aliphatic carbocycles. The van der Waals surface area contributed by atoms with Gasteiger partial charge in [-0.1, -0.05) is 0 Å². The number of hydrogen-bond donors (Lipinski definition) is 0. The predicted octanol–water partition coefficient (Wildman–Crippen LogP) is 3.38. The van der Waals surface area contributed by atoms with E-state index in [0.29, 0.717) is 0 Å². The summed E-state index contributed by atoms with van der Waals surface area (Å²) in [6.45, 7) is 8.42. The maximum Gasteiger partial charge on any atom is 0.0303 e. The highest BCUT2D eigenvalue weighted by Gasteiger charge is 2.11. The molecule has 0 atom stereocenters. The maximum absolute atomic E-state index is 4.21. The van der Waals surface area contributed by atoms with E-state index >= 15 is 0 Å². The van der Waals surface area contributed by atoms with Crippen molar-refractivity contribution in [3.05, 3.63) is 47.0 Å². The van der Waals surface area contributed by atoms with Crippen LogP contribution < -0.4 is 0 Å². The van der Waals surface area contributed by atoms with Gasteiger partial charge < -0.3 is 0 Å². The van der Waals surface area contributed by atoms with Crippen LogP contribution in [0.4, 0.5) is 0 Å². The fourth-order valence-electron chi connectivity index (χ4n) is 2.19. The quantitative estimate of drug-likeness (QED) is 0.724. The largest absolute Gasteiger partial charge is 0.264 e. The summed E-state index contributed by atoms with van der Waals surface area (Å²) in [5.74, 6) is 0. The minimum atomic E-state index is 1.22. The third-order valence-corrected chi connectivity index (χ3v) is 2.90. The van der Waals surface area contributed by atoms with Gasteiger partial charge in [-0.25, -0.2) is 0 Å². The highest BCUT2D eigenvalue weighted by Crippen LogP contribution is 2.31. The van der Waals surface area contributed by atoms with Crippen LogP contribution in [0.5, 0.6) is 0 Å². The van der Waals surface area contributed by atoms with E-state index < -0.39 is 0 Å². The molecule has 0 spiro atoms. The number of aromatic nitrogens is 2. The molecule has 82 valence electrons. The van der Waals surface area contributed by atoms with Crippen molar-refractivity contribution >= 4 is 0 Å². The molecule has 0 bridgehead atoms. The zero-order valence-corrected chi connectivity index (χ0v) is 10.2. The molecule has 2 nitrogen and oxygen atoms in total. The Hall–Kier alpha value is -1.70. The summed E-state index contributed by atoms with van der Waals surface area (Å²) in [6.07, 6.45) is 7.67. The highest BCUT2D eigenvalue weighted by atomic mass is 14.6. The summed E-state index contributed by atoms with van der Waals surface area (Å²) >= 11 is 0. The van der Waals surface area contributed by atoms with Crippen molar-refractivity contribution in [2.75, 3.05) is 0 Å². The molecule has 0 aliphatic heterocycles. The fraction of sp³-hybridized carbons (Fsp3) is 0.286. The van der Waals surface area contributed by atoms with Gasteiger partial charge in [-0.3, -0.25) is 9.97 Å². The summed E-state index contributed by atoms with van der Waals surface area (Å²) in [7, 11) is 0. The Bertz CT molecular complexity index is 440. The Morgan fingerprint density at radius 1 is 0.562 bits per heavy atom. The first-order valence-corrected chi connectivity index (χ1v) is 5.44. The van der Waals surface area contributed by atoms with Crippen LogP contribution in [0.25, 0.3) is 11.1 Å². The van der Waals surface area contributed by atoms with Crippen LogP contribution in [-0.2, 0) is 0 Å². The van der Waals surface area contributed by atoms with Crippen LogP contribution in [0.1, 0.15) is 22.3 Å². The van der Waals surface area contributed by atoms with Crippen molar-refractivity contribution in [1.82, 2.24) is 9.97 Å². The highest BCUT2D eigenvalue weighted by molar-refractivity contribution is 5.75. The van der Waals surface area contributed by atoms with Gasteiger partial charge in [0.05, 0.1) is 0 Å². The first kappa shape index (κ1) is 10.8. The van der Waals surface area contributed by atoms with E-state index in [4.69, 9.17) is 0 Å². The van der Waals surface area contributed by atoms with Gasteiger partial charge in [-0.15, -0.1) is 0 Å². The van der Waals surface area contributed by atoms with Crippen molar-refractivity contribution in [3.63, 3.8) is 0 Å². The van der Waals surface area contributed by atoms with Crippen LogP contribution >= 0.6 is 0 Å². The summed E-state index contributed by atoms with van der Waals surface area (Å²) < 4.78 is 0. The molecular formula is C14H16N2. The minimum Gasteiger partial charge on any atom is -0.264 e. The molecule has 0 unspecified atom stereocenters. The Balaban J connectivity index is 2.77. The molecule has 0 saturated heterocycles. The number of nitrogens with zero attached hydrogens (tertiary/aromatic N) is 2. The van der Waals surface area contributed by atoms with Gasteiger partial charge in [0.1, 0.15) is 0 Å². The van der Waals surface area contributed by atoms with E-state index in [2.05, 4.69) is 37.7 Å². The first-order valence-electron chi connectivity index (χ1n) is 5.44. The predicted molar refractivity (Wildman–Crippen MR) is 66.4 cm³/mol. The fourth-order valence-corrected chi connectivity index (χ4v) is 2.19. The van der Waals surface area contributed by atoms with Crippen LogP contribution in [-0.4, -0.2) is 9.97 Å². The third-order valence-electron chi connectivity index (χ3n) is 2.90. The lowest BCUT2D eigenvalue weighted by molar-refractivity contribution is 1.18. The average Bonchev–Trinajstić information content (AvgIpc) is 2.21. The number of hydrogen-bond acceptors (Lipinski definition) is 2. The lowest BCUT2D eigenvalue weighted by atomic mass is 9.93. The molecule has 2 aromatic heterocycles. The molecule has 0 aromatic carbocycles. The standard InChI is InChI=1S/C14H16N2/c1-9-5-15-6-10(2)13(9)14-11(3)7-16-8-12(14)4/h5-8H,1-4H3. The van der Waals surface area contributed by atoms with Crippen molar-refractivity contribution in [3.8, 4) is 11.1 Å². The smallest absolute Gasteiger partial charge is 0.0303 e. The van der Waals surface area contributed by atoms with Crippen molar-refractivity contribution in [1.29, 1.82) is 0 Å². The number of aryl methyl sites for hydroxylation is 4. The van der Waals surface area contributed by atoms with Crippen molar-refractivity contribution in [2.45, 2.75) is 27.7 Å². The molecule has 0 radical (unpaired) electrons. The Morgan fingerprint density at radius 3 is 1.06 bits per heavy atom. The van der Waals surface area contributed by atoms with Crippen molar-refractivity contribution in [2.24, 2.45) is 0 Å². The Kier molecular flexibility index (Phi) is 2.73. The van der Waals surface area contributed by atoms with E-state index in [0.717, 1.165) is 0 Å². The van der Waals surface area contributed by atoms with Gasteiger partial charge in [0.15, 0.2) is 0 Å². The van der Waals surface area contributed by atoms with Crippen LogP contribution in [0.2, 0.25) is 0 Å². The van der Waals surface area contributed by atoms with Gasteiger partial charge in [0, 0.05) is 24.8 Å². The molecule has 2 aromatic rings. The van der Waals surface area contributed by atoms with Gasteiger partial charge in [0.25, 0.3) is 0 Å². The second-order valence-electron chi connectivity index (χ2n) is 4.30. The van der Waals surface area contributed by atoms with E-state index in [9.17, 15) is 0 Å². The topological polar surface area (TPSA) is 25.8 Å². The van der Waals surface area contributed by atoms with Crippen LogP contribution in [0.15, 0.2) is 24.8 Å². The lowest BCUT2D eigenvalue weighted by Gasteiger charge is -2.14. The number of pyridine rings is 2. The van der Waals surface area contributed by atoms with E-state index in [1.165, 1.54) is 33.4 Å². The summed E-state index contributed by atoms with van der Waals surface area (Å²) in [5, 5.41) is 0. The molecule has 2 heterocycles. The summed E-state index contributed by atoms with van der Waals surface area (Å²) in [5.41, 5.74) is 7.48. The second-order valence-corrected chi connectivity index (χ2v) is 4.30. The lowest BCUT2D eigenvalue weighted by Crippen LogP contribution is -1.95. The molecule has 0 aliphatic rings. The van der Waals surface area contributed by atoms with Gasteiger partial charge in [0.2, 0.25) is 0 Å².